The highest BCUT2D eigenvalue weighted by atomic mass is 35.5. The van der Waals surface area contributed by atoms with Gasteiger partial charge in [0.2, 0.25) is 0 Å². The van der Waals surface area contributed by atoms with Gasteiger partial charge in [-0.1, -0.05) is 37.6 Å². The molecule has 0 radical (unpaired) electrons. The minimum atomic E-state index is 0.626. The average Bonchev–Trinajstić information content (AvgIpc) is 2.44. The van der Waals surface area contributed by atoms with Gasteiger partial charge in [0, 0.05) is 23.8 Å². The Morgan fingerprint density at radius 1 is 1.24 bits per heavy atom. The van der Waals surface area contributed by atoms with Crippen LogP contribution in [0, 0.1) is 12.8 Å². The first-order valence-corrected chi connectivity index (χ1v) is 8.20. The van der Waals surface area contributed by atoms with Crippen molar-refractivity contribution in [3.05, 3.63) is 46.7 Å². The maximum Gasteiger partial charge on any atom is 0.192 e. The molecule has 1 aromatic carbocycles. The molecule has 21 heavy (non-hydrogen) atoms. The van der Waals surface area contributed by atoms with Gasteiger partial charge in [0.25, 0.3) is 0 Å². The fraction of sp³-hybridized carbons (Fsp3) is 0.375. The smallest absolute Gasteiger partial charge is 0.192 e. The molecule has 0 aliphatic rings. The maximum absolute atomic E-state index is 6.35. The van der Waals surface area contributed by atoms with Crippen molar-refractivity contribution < 1.29 is 0 Å². The molecule has 1 heterocycles. The largest absolute Gasteiger partial charge is 0.312 e. The van der Waals surface area contributed by atoms with E-state index in [0.29, 0.717) is 5.92 Å². The molecule has 112 valence electrons. The number of hydrogen-bond donors (Lipinski definition) is 1. The van der Waals surface area contributed by atoms with Crippen molar-refractivity contribution >= 4 is 23.4 Å². The minimum Gasteiger partial charge on any atom is -0.312 e. The summed E-state index contributed by atoms with van der Waals surface area (Å²) in [7, 11) is 0. The molecule has 1 aromatic heterocycles. The number of aromatic nitrogens is 2. The first-order chi connectivity index (χ1) is 10.1. The fourth-order valence-corrected chi connectivity index (χ4v) is 2.97. The van der Waals surface area contributed by atoms with E-state index in [4.69, 9.17) is 11.6 Å². The van der Waals surface area contributed by atoms with E-state index >= 15 is 0 Å². The van der Waals surface area contributed by atoms with Crippen LogP contribution in [-0.2, 0) is 6.54 Å². The van der Waals surface area contributed by atoms with E-state index in [0.717, 1.165) is 33.7 Å². The van der Waals surface area contributed by atoms with Gasteiger partial charge < -0.3 is 5.32 Å². The topological polar surface area (TPSA) is 37.8 Å². The van der Waals surface area contributed by atoms with Crippen LogP contribution in [0.15, 0.2) is 40.6 Å². The number of rotatable bonds is 6. The van der Waals surface area contributed by atoms with Crippen molar-refractivity contribution in [2.45, 2.75) is 37.4 Å². The van der Waals surface area contributed by atoms with Crippen LogP contribution in [-0.4, -0.2) is 16.5 Å². The van der Waals surface area contributed by atoms with Gasteiger partial charge in [-0.25, -0.2) is 9.97 Å². The third kappa shape index (κ3) is 4.99. The third-order valence-corrected chi connectivity index (χ3v) is 4.37. The maximum atomic E-state index is 6.35. The van der Waals surface area contributed by atoms with Crippen molar-refractivity contribution in [1.82, 2.24) is 15.3 Å². The molecule has 0 aliphatic carbocycles. The normalized spacial score (nSPS) is 11.1. The van der Waals surface area contributed by atoms with Crippen LogP contribution in [0.25, 0.3) is 0 Å². The highest BCUT2D eigenvalue weighted by Crippen LogP contribution is 2.34. The van der Waals surface area contributed by atoms with E-state index in [2.05, 4.69) is 35.2 Å². The van der Waals surface area contributed by atoms with E-state index in [-0.39, 0.29) is 0 Å². The summed E-state index contributed by atoms with van der Waals surface area (Å²) in [5.41, 5.74) is 2.23. The molecule has 1 N–H and O–H groups in total. The number of benzene rings is 1. The van der Waals surface area contributed by atoms with Crippen LogP contribution in [0.5, 0.6) is 0 Å². The molecule has 3 nitrogen and oxygen atoms in total. The predicted octanol–water partition coefficient (Wildman–Crippen LogP) is 4.34. The molecule has 5 heteroatoms. The zero-order valence-electron chi connectivity index (χ0n) is 12.6. The number of nitrogens with zero attached hydrogens (tertiary/aromatic N) is 2. The Balaban J connectivity index is 2.15. The summed E-state index contributed by atoms with van der Waals surface area (Å²) in [6.07, 6.45) is 3.64. The molecular weight excluding hydrogens is 302 g/mol. The van der Waals surface area contributed by atoms with E-state index in [1.165, 1.54) is 17.3 Å². The molecule has 0 aliphatic heterocycles. The van der Waals surface area contributed by atoms with Gasteiger partial charge in [-0.05, 0) is 48.3 Å². The highest BCUT2D eigenvalue weighted by Gasteiger charge is 2.10. The van der Waals surface area contributed by atoms with Gasteiger partial charge in [-0.15, -0.1) is 0 Å². The lowest BCUT2D eigenvalue weighted by Gasteiger charge is -2.12. The Morgan fingerprint density at radius 2 is 1.95 bits per heavy atom. The first kappa shape index (κ1) is 16.3. The SMILES string of the molecule is Cc1cnc(Sc2c(Cl)cccc2CNCC(C)C)nc1. The standard InChI is InChI=1S/C16H20ClN3S/c1-11(2)7-18-10-13-5-4-6-14(17)15(13)21-16-19-8-12(3)9-20-16/h4-6,8-9,11,18H,7,10H2,1-3H3. The summed E-state index contributed by atoms with van der Waals surface area (Å²) < 4.78 is 0. The summed E-state index contributed by atoms with van der Waals surface area (Å²) >= 11 is 7.86. The van der Waals surface area contributed by atoms with Crippen LogP contribution in [0.3, 0.4) is 0 Å². The quantitative estimate of drug-likeness (QED) is 0.803. The predicted molar refractivity (Wildman–Crippen MR) is 88.9 cm³/mol. The Hall–Kier alpha value is -1.10. The average molecular weight is 322 g/mol. The van der Waals surface area contributed by atoms with E-state index in [9.17, 15) is 0 Å². The minimum absolute atomic E-state index is 0.626. The molecule has 0 amide bonds. The van der Waals surface area contributed by atoms with Gasteiger partial charge in [-0.2, -0.15) is 0 Å². The van der Waals surface area contributed by atoms with E-state index < -0.39 is 0 Å². The van der Waals surface area contributed by atoms with Crippen molar-refractivity contribution in [2.75, 3.05) is 6.54 Å². The molecule has 0 unspecified atom stereocenters. The molecule has 0 saturated carbocycles. The Kier molecular flexibility index (Phi) is 6.03. The van der Waals surface area contributed by atoms with Gasteiger partial charge in [-0.3, -0.25) is 0 Å². The molecule has 0 bridgehead atoms. The number of nitrogens with one attached hydrogen (secondary N) is 1. The number of halogens is 1. The second kappa shape index (κ2) is 7.78. The second-order valence-electron chi connectivity index (χ2n) is 5.40. The van der Waals surface area contributed by atoms with Crippen molar-refractivity contribution in [3.8, 4) is 0 Å². The van der Waals surface area contributed by atoms with E-state index in [1.54, 1.807) is 0 Å². The molecule has 0 saturated heterocycles. The zero-order chi connectivity index (χ0) is 15.2. The molecule has 2 rings (SSSR count). The third-order valence-electron chi connectivity index (χ3n) is 2.87. The molecular formula is C16H20ClN3S. The van der Waals surface area contributed by atoms with Crippen LogP contribution in [0.4, 0.5) is 0 Å². The van der Waals surface area contributed by atoms with Crippen LogP contribution < -0.4 is 5.32 Å². The van der Waals surface area contributed by atoms with Crippen molar-refractivity contribution in [2.24, 2.45) is 5.92 Å². The summed E-state index contributed by atoms with van der Waals surface area (Å²) in [6, 6.07) is 5.98. The molecule has 0 atom stereocenters. The summed E-state index contributed by atoms with van der Waals surface area (Å²) in [5, 5.41) is 4.92. The second-order valence-corrected chi connectivity index (χ2v) is 6.78. The highest BCUT2D eigenvalue weighted by molar-refractivity contribution is 7.99. The lowest BCUT2D eigenvalue weighted by Crippen LogP contribution is -2.19. The molecule has 2 aromatic rings. The van der Waals surface area contributed by atoms with Crippen LogP contribution >= 0.6 is 23.4 Å². The van der Waals surface area contributed by atoms with Gasteiger partial charge in [0.1, 0.15) is 0 Å². The van der Waals surface area contributed by atoms with Crippen LogP contribution in [0.1, 0.15) is 25.0 Å². The number of hydrogen-bond acceptors (Lipinski definition) is 4. The lowest BCUT2D eigenvalue weighted by molar-refractivity contribution is 0.550. The number of aryl methyl sites for hydroxylation is 1. The monoisotopic (exact) mass is 321 g/mol. The Labute approximate surface area is 135 Å². The van der Waals surface area contributed by atoms with Gasteiger partial charge in [0.05, 0.1) is 5.02 Å². The molecule has 0 fully saturated rings. The Bertz CT molecular complexity index is 585. The molecule has 0 spiro atoms. The van der Waals surface area contributed by atoms with Crippen molar-refractivity contribution in [3.63, 3.8) is 0 Å². The lowest BCUT2D eigenvalue weighted by atomic mass is 10.2. The van der Waals surface area contributed by atoms with Crippen LogP contribution in [0.2, 0.25) is 5.02 Å². The fourth-order valence-electron chi connectivity index (χ4n) is 1.83. The van der Waals surface area contributed by atoms with E-state index in [1.807, 2.05) is 31.5 Å². The van der Waals surface area contributed by atoms with Crippen molar-refractivity contribution in [1.29, 1.82) is 0 Å². The van der Waals surface area contributed by atoms with Gasteiger partial charge >= 0.3 is 0 Å². The van der Waals surface area contributed by atoms with Gasteiger partial charge in [0.15, 0.2) is 5.16 Å². The summed E-state index contributed by atoms with van der Waals surface area (Å²) in [6.45, 7) is 8.15. The Morgan fingerprint density at radius 3 is 2.62 bits per heavy atom. The summed E-state index contributed by atoms with van der Waals surface area (Å²) in [5.74, 6) is 0.626. The zero-order valence-corrected chi connectivity index (χ0v) is 14.1. The first-order valence-electron chi connectivity index (χ1n) is 7.01. The summed E-state index contributed by atoms with van der Waals surface area (Å²) in [4.78, 5) is 9.70.